The highest BCUT2D eigenvalue weighted by Gasteiger charge is 2.25. The highest BCUT2D eigenvalue weighted by molar-refractivity contribution is 5.82. The molecular formula is C12H17N3O2. The van der Waals surface area contributed by atoms with E-state index in [0.717, 1.165) is 5.56 Å². The number of carbonyl (C=O) groups excluding carboxylic acids is 1. The Morgan fingerprint density at radius 3 is 3.24 bits per heavy atom. The molecule has 1 saturated heterocycles. The van der Waals surface area contributed by atoms with E-state index in [4.69, 9.17) is 4.74 Å². The molecule has 1 atom stereocenters. The van der Waals surface area contributed by atoms with Crippen LogP contribution in [0.15, 0.2) is 24.5 Å². The van der Waals surface area contributed by atoms with Gasteiger partial charge in [0.25, 0.3) is 0 Å². The van der Waals surface area contributed by atoms with Crippen LogP contribution in [0.1, 0.15) is 5.56 Å². The van der Waals surface area contributed by atoms with Crippen molar-refractivity contribution in [2.45, 2.75) is 12.6 Å². The average molecular weight is 235 g/mol. The van der Waals surface area contributed by atoms with Crippen LogP contribution in [-0.4, -0.2) is 48.6 Å². The van der Waals surface area contributed by atoms with Gasteiger partial charge in [0.05, 0.1) is 13.2 Å². The van der Waals surface area contributed by atoms with E-state index in [0.29, 0.717) is 26.3 Å². The van der Waals surface area contributed by atoms with Crippen molar-refractivity contribution in [1.29, 1.82) is 0 Å². The average Bonchev–Trinajstić information content (AvgIpc) is 2.54. The predicted molar refractivity (Wildman–Crippen MR) is 63.3 cm³/mol. The third-order valence-corrected chi connectivity index (χ3v) is 2.84. The fourth-order valence-corrected chi connectivity index (χ4v) is 1.85. The first-order valence-electron chi connectivity index (χ1n) is 5.74. The van der Waals surface area contributed by atoms with Crippen LogP contribution < -0.4 is 5.32 Å². The minimum Gasteiger partial charge on any atom is -0.377 e. The van der Waals surface area contributed by atoms with Crippen molar-refractivity contribution in [2.24, 2.45) is 0 Å². The highest BCUT2D eigenvalue weighted by atomic mass is 16.5. The molecule has 1 fully saturated rings. The number of ether oxygens (including phenoxy) is 1. The van der Waals surface area contributed by atoms with Gasteiger partial charge in [-0.3, -0.25) is 9.78 Å². The molecule has 1 unspecified atom stereocenters. The second-order valence-corrected chi connectivity index (χ2v) is 4.04. The molecule has 92 valence electrons. The molecule has 5 nitrogen and oxygen atoms in total. The molecule has 2 rings (SSSR count). The van der Waals surface area contributed by atoms with E-state index in [-0.39, 0.29) is 11.9 Å². The van der Waals surface area contributed by atoms with E-state index in [1.807, 2.05) is 17.0 Å². The Hall–Kier alpha value is -1.46. The molecule has 1 aromatic heterocycles. The van der Waals surface area contributed by atoms with Gasteiger partial charge in [-0.25, -0.2) is 0 Å². The quantitative estimate of drug-likeness (QED) is 0.803. The maximum atomic E-state index is 12.1. The van der Waals surface area contributed by atoms with Crippen molar-refractivity contribution in [3.8, 4) is 0 Å². The molecule has 0 radical (unpaired) electrons. The Labute approximate surface area is 101 Å². The number of aromatic nitrogens is 1. The van der Waals surface area contributed by atoms with Gasteiger partial charge in [-0.05, 0) is 18.7 Å². The highest BCUT2D eigenvalue weighted by Crippen LogP contribution is 2.08. The zero-order valence-corrected chi connectivity index (χ0v) is 9.93. The third kappa shape index (κ3) is 3.01. The topological polar surface area (TPSA) is 54.5 Å². The smallest absolute Gasteiger partial charge is 0.242 e. The summed E-state index contributed by atoms with van der Waals surface area (Å²) in [6.07, 6.45) is 3.51. The molecule has 1 aromatic rings. The zero-order chi connectivity index (χ0) is 12.1. The van der Waals surface area contributed by atoms with Crippen LogP contribution >= 0.6 is 0 Å². The first kappa shape index (κ1) is 12.0. The van der Waals surface area contributed by atoms with E-state index < -0.39 is 0 Å². The summed E-state index contributed by atoms with van der Waals surface area (Å²) in [4.78, 5) is 18.0. The van der Waals surface area contributed by atoms with Crippen molar-refractivity contribution in [2.75, 3.05) is 26.8 Å². The number of hydrogen-bond acceptors (Lipinski definition) is 4. The molecular weight excluding hydrogens is 218 g/mol. The van der Waals surface area contributed by atoms with Crippen LogP contribution in [0.4, 0.5) is 0 Å². The Morgan fingerprint density at radius 2 is 2.53 bits per heavy atom. The number of pyridine rings is 1. The minimum absolute atomic E-state index is 0.0915. The summed E-state index contributed by atoms with van der Waals surface area (Å²) in [7, 11) is 1.78. The van der Waals surface area contributed by atoms with Gasteiger partial charge in [0.15, 0.2) is 0 Å². The molecule has 0 bridgehead atoms. The fraction of sp³-hybridized carbons (Fsp3) is 0.500. The lowest BCUT2D eigenvalue weighted by atomic mass is 10.2. The molecule has 1 aliphatic rings. The molecule has 1 aliphatic heterocycles. The number of nitrogens with one attached hydrogen (secondary N) is 1. The van der Waals surface area contributed by atoms with Gasteiger partial charge in [-0.1, -0.05) is 6.07 Å². The van der Waals surface area contributed by atoms with Gasteiger partial charge in [0.1, 0.15) is 6.04 Å². The normalized spacial score (nSPS) is 21.4. The standard InChI is InChI=1S/C12H17N3O2/c1-13-11-9-17-6-5-15(12(11)16)8-10-3-2-4-14-7-10/h2-4,7,11,13H,5-6,8-9H2,1H3. The van der Waals surface area contributed by atoms with Crippen LogP contribution in [0.25, 0.3) is 0 Å². The minimum atomic E-state index is -0.242. The van der Waals surface area contributed by atoms with Gasteiger partial charge in [-0.15, -0.1) is 0 Å². The summed E-state index contributed by atoms with van der Waals surface area (Å²) >= 11 is 0. The number of carbonyl (C=O) groups is 1. The lowest BCUT2D eigenvalue weighted by Crippen LogP contribution is -2.45. The zero-order valence-electron chi connectivity index (χ0n) is 9.93. The first-order valence-corrected chi connectivity index (χ1v) is 5.74. The van der Waals surface area contributed by atoms with E-state index in [9.17, 15) is 4.79 Å². The molecule has 0 aliphatic carbocycles. The van der Waals surface area contributed by atoms with Crippen LogP contribution in [0.2, 0.25) is 0 Å². The summed E-state index contributed by atoms with van der Waals surface area (Å²) in [5.41, 5.74) is 1.04. The number of amides is 1. The van der Waals surface area contributed by atoms with Gasteiger partial charge in [0.2, 0.25) is 5.91 Å². The molecule has 0 saturated carbocycles. The summed E-state index contributed by atoms with van der Waals surface area (Å²) in [5.74, 6) is 0.0915. The first-order chi connectivity index (χ1) is 8.31. The van der Waals surface area contributed by atoms with Crippen molar-refractivity contribution < 1.29 is 9.53 Å². The van der Waals surface area contributed by atoms with Crippen LogP contribution in [0, 0.1) is 0 Å². The summed E-state index contributed by atoms with van der Waals surface area (Å²) in [5, 5.41) is 2.98. The number of nitrogens with zero attached hydrogens (tertiary/aromatic N) is 2. The third-order valence-electron chi connectivity index (χ3n) is 2.84. The number of likely N-dealkylation sites (N-methyl/N-ethyl adjacent to an activating group) is 1. The van der Waals surface area contributed by atoms with E-state index >= 15 is 0 Å². The largest absolute Gasteiger partial charge is 0.377 e. The summed E-state index contributed by atoms with van der Waals surface area (Å²) in [6.45, 7) is 2.25. The molecule has 17 heavy (non-hydrogen) atoms. The lowest BCUT2D eigenvalue weighted by molar-refractivity contribution is -0.133. The Morgan fingerprint density at radius 1 is 1.65 bits per heavy atom. The molecule has 1 N–H and O–H groups in total. The summed E-state index contributed by atoms with van der Waals surface area (Å²) < 4.78 is 5.40. The van der Waals surface area contributed by atoms with Gasteiger partial charge >= 0.3 is 0 Å². The summed E-state index contributed by atoms with van der Waals surface area (Å²) in [6, 6.07) is 3.61. The van der Waals surface area contributed by atoms with Crippen LogP contribution in [0.5, 0.6) is 0 Å². The Kier molecular flexibility index (Phi) is 4.06. The van der Waals surface area contributed by atoms with Crippen molar-refractivity contribution in [1.82, 2.24) is 15.2 Å². The van der Waals surface area contributed by atoms with Crippen LogP contribution in [0.3, 0.4) is 0 Å². The molecule has 0 aromatic carbocycles. The number of rotatable bonds is 3. The van der Waals surface area contributed by atoms with E-state index in [1.165, 1.54) is 0 Å². The second kappa shape index (κ2) is 5.75. The fourth-order valence-electron chi connectivity index (χ4n) is 1.85. The maximum Gasteiger partial charge on any atom is 0.242 e. The molecule has 0 spiro atoms. The second-order valence-electron chi connectivity index (χ2n) is 4.04. The van der Waals surface area contributed by atoms with Crippen molar-refractivity contribution in [3.05, 3.63) is 30.1 Å². The van der Waals surface area contributed by atoms with E-state index in [2.05, 4.69) is 10.3 Å². The maximum absolute atomic E-state index is 12.1. The Bertz CT molecular complexity index is 369. The Balaban J connectivity index is 2.06. The van der Waals surface area contributed by atoms with Gasteiger partial charge in [-0.2, -0.15) is 0 Å². The van der Waals surface area contributed by atoms with Crippen molar-refractivity contribution >= 4 is 5.91 Å². The predicted octanol–water partition coefficient (Wildman–Crippen LogP) is 0.0284. The van der Waals surface area contributed by atoms with Crippen molar-refractivity contribution in [3.63, 3.8) is 0 Å². The molecule has 1 amide bonds. The molecule has 5 heteroatoms. The van der Waals surface area contributed by atoms with Gasteiger partial charge in [0, 0.05) is 25.5 Å². The molecule has 2 heterocycles. The SMILES string of the molecule is CNC1COCCN(Cc2cccnc2)C1=O. The van der Waals surface area contributed by atoms with Gasteiger partial charge < -0.3 is 15.0 Å². The lowest BCUT2D eigenvalue weighted by Gasteiger charge is -2.23. The monoisotopic (exact) mass is 235 g/mol. The van der Waals surface area contributed by atoms with Crippen LogP contribution in [-0.2, 0) is 16.1 Å². The number of hydrogen-bond donors (Lipinski definition) is 1. The van der Waals surface area contributed by atoms with E-state index in [1.54, 1.807) is 19.4 Å².